The van der Waals surface area contributed by atoms with Crippen LogP contribution in [0.25, 0.3) is 10.2 Å². The number of rotatable bonds is 7. The number of aromatic nitrogens is 1. The molecule has 0 atom stereocenters. The van der Waals surface area contributed by atoms with Gasteiger partial charge in [0, 0.05) is 31.8 Å². The molecule has 1 amide bonds. The van der Waals surface area contributed by atoms with Crippen molar-refractivity contribution in [2.75, 3.05) is 26.3 Å². The van der Waals surface area contributed by atoms with E-state index in [1.807, 2.05) is 30.5 Å². The van der Waals surface area contributed by atoms with Gasteiger partial charge in [-0.1, -0.05) is 24.3 Å². The van der Waals surface area contributed by atoms with Gasteiger partial charge in [-0.25, -0.2) is 8.42 Å². The van der Waals surface area contributed by atoms with E-state index in [0.717, 1.165) is 28.6 Å². The van der Waals surface area contributed by atoms with Crippen LogP contribution in [0.15, 0.2) is 52.4 Å². The summed E-state index contributed by atoms with van der Waals surface area (Å²) in [6.45, 7) is 8.94. The third kappa shape index (κ3) is 5.33. The highest BCUT2D eigenvalue weighted by molar-refractivity contribution is 7.89. The fraction of sp³-hybridized carbons (Fsp3) is 0.440. The average Bonchev–Trinajstić information content (AvgIpc) is 3.15. The van der Waals surface area contributed by atoms with Gasteiger partial charge in [-0.05, 0) is 74.6 Å². The van der Waals surface area contributed by atoms with E-state index in [2.05, 4.69) is 18.0 Å². The van der Waals surface area contributed by atoms with Crippen molar-refractivity contribution in [1.82, 2.24) is 8.87 Å². The van der Waals surface area contributed by atoms with Crippen LogP contribution >= 0.6 is 11.3 Å². The quantitative estimate of drug-likeness (QED) is 0.454. The van der Waals surface area contributed by atoms with Crippen LogP contribution in [0.1, 0.15) is 42.6 Å². The van der Waals surface area contributed by atoms with Gasteiger partial charge in [-0.15, -0.1) is 0 Å². The summed E-state index contributed by atoms with van der Waals surface area (Å²) in [4.78, 5) is 18.2. The first kappa shape index (κ1) is 24.8. The van der Waals surface area contributed by atoms with E-state index in [0.29, 0.717) is 49.1 Å². The number of amides is 1. The predicted octanol–water partition coefficient (Wildman–Crippen LogP) is 4.21. The Kier molecular flexibility index (Phi) is 7.67. The van der Waals surface area contributed by atoms with Gasteiger partial charge in [0.15, 0.2) is 4.80 Å². The first-order valence-electron chi connectivity index (χ1n) is 11.7. The second kappa shape index (κ2) is 10.5. The van der Waals surface area contributed by atoms with Crippen LogP contribution in [0.5, 0.6) is 0 Å². The molecule has 1 aliphatic rings. The molecule has 0 saturated carbocycles. The van der Waals surface area contributed by atoms with E-state index in [1.54, 1.807) is 12.1 Å². The number of sulfonamides is 1. The number of carbonyl (C=O) groups excluding carboxylic acids is 1. The SMILES string of the molecule is CCOCCn1c(=NC(=O)c2ccc(S(=O)(=O)N3CCC(C)CC3)cc2)sc2cc(C)ccc21. The molecule has 2 heterocycles. The normalized spacial score (nSPS) is 16.4. The van der Waals surface area contributed by atoms with Crippen molar-refractivity contribution in [3.63, 3.8) is 0 Å². The zero-order chi connectivity index (χ0) is 24.3. The molecule has 0 N–H and O–H groups in total. The first-order valence-corrected chi connectivity index (χ1v) is 13.9. The third-order valence-electron chi connectivity index (χ3n) is 6.18. The Hall–Kier alpha value is -2.33. The lowest BCUT2D eigenvalue weighted by atomic mass is 10.0. The minimum absolute atomic E-state index is 0.211. The van der Waals surface area contributed by atoms with Crippen LogP contribution in [-0.4, -0.2) is 49.5 Å². The molecule has 4 rings (SSSR count). The maximum Gasteiger partial charge on any atom is 0.279 e. The molecule has 0 radical (unpaired) electrons. The number of aryl methyl sites for hydroxylation is 1. The molecule has 9 heteroatoms. The van der Waals surface area contributed by atoms with Crippen LogP contribution in [0, 0.1) is 12.8 Å². The Morgan fingerprint density at radius 2 is 1.85 bits per heavy atom. The first-order chi connectivity index (χ1) is 16.3. The zero-order valence-electron chi connectivity index (χ0n) is 19.9. The second-order valence-electron chi connectivity index (χ2n) is 8.73. The molecule has 0 aliphatic carbocycles. The fourth-order valence-electron chi connectivity index (χ4n) is 4.08. The summed E-state index contributed by atoms with van der Waals surface area (Å²) >= 11 is 1.46. The lowest BCUT2D eigenvalue weighted by molar-refractivity contribution is 0.0996. The van der Waals surface area contributed by atoms with E-state index < -0.39 is 15.9 Å². The molecular formula is C25H31N3O4S2. The summed E-state index contributed by atoms with van der Waals surface area (Å²) in [5, 5.41) is 0. The summed E-state index contributed by atoms with van der Waals surface area (Å²) in [5.41, 5.74) is 2.51. The fourth-order valence-corrected chi connectivity index (χ4v) is 6.70. The van der Waals surface area contributed by atoms with Crippen LogP contribution in [0.4, 0.5) is 0 Å². The van der Waals surface area contributed by atoms with Gasteiger partial charge in [0.1, 0.15) is 0 Å². The average molecular weight is 502 g/mol. The molecule has 2 aromatic carbocycles. The van der Waals surface area contributed by atoms with Gasteiger partial charge >= 0.3 is 0 Å². The Labute approximate surface area is 204 Å². The van der Waals surface area contributed by atoms with Gasteiger partial charge in [-0.3, -0.25) is 4.79 Å². The number of nitrogens with zero attached hydrogens (tertiary/aromatic N) is 3. The van der Waals surface area contributed by atoms with Gasteiger partial charge in [-0.2, -0.15) is 9.30 Å². The standard InChI is InChI=1S/C25H31N3O4S2/c1-4-32-16-15-28-22-10-5-19(3)17-23(22)33-25(28)26-24(29)20-6-8-21(9-7-20)34(30,31)27-13-11-18(2)12-14-27/h5-10,17-18H,4,11-16H2,1-3H3. The van der Waals surface area contributed by atoms with Gasteiger partial charge < -0.3 is 9.30 Å². The number of fused-ring (bicyclic) bond motifs is 1. The summed E-state index contributed by atoms with van der Waals surface area (Å²) in [6.07, 6.45) is 1.74. The van der Waals surface area contributed by atoms with E-state index in [9.17, 15) is 13.2 Å². The molecule has 0 spiro atoms. The molecule has 7 nitrogen and oxygen atoms in total. The van der Waals surface area contributed by atoms with Crippen molar-refractivity contribution in [2.24, 2.45) is 10.9 Å². The van der Waals surface area contributed by atoms with Gasteiger partial charge in [0.25, 0.3) is 5.91 Å². The summed E-state index contributed by atoms with van der Waals surface area (Å²) in [6, 6.07) is 12.3. The predicted molar refractivity (Wildman–Crippen MR) is 135 cm³/mol. The van der Waals surface area contributed by atoms with Crippen molar-refractivity contribution >= 4 is 37.5 Å². The molecule has 1 aromatic heterocycles. The lowest BCUT2D eigenvalue weighted by Gasteiger charge is -2.29. The number of hydrogen-bond donors (Lipinski definition) is 0. The lowest BCUT2D eigenvalue weighted by Crippen LogP contribution is -2.37. The number of carbonyl (C=O) groups is 1. The second-order valence-corrected chi connectivity index (χ2v) is 11.7. The van der Waals surface area contributed by atoms with Gasteiger partial charge in [0.2, 0.25) is 10.0 Å². The van der Waals surface area contributed by atoms with E-state index in [1.165, 1.54) is 27.8 Å². The minimum atomic E-state index is -3.55. The van der Waals surface area contributed by atoms with E-state index in [-0.39, 0.29) is 4.90 Å². The van der Waals surface area contributed by atoms with Crippen LogP contribution < -0.4 is 4.80 Å². The minimum Gasteiger partial charge on any atom is -0.380 e. The van der Waals surface area contributed by atoms with E-state index in [4.69, 9.17) is 4.74 Å². The van der Waals surface area contributed by atoms with Crippen LogP contribution in [0.2, 0.25) is 0 Å². The topological polar surface area (TPSA) is 81.0 Å². The zero-order valence-corrected chi connectivity index (χ0v) is 21.5. The molecule has 1 fully saturated rings. The van der Waals surface area contributed by atoms with Crippen molar-refractivity contribution < 1.29 is 17.9 Å². The van der Waals surface area contributed by atoms with Crippen molar-refractivity contribution in [1.29, 1.82) is 0 Å². The largest absolute Gasteiger partial charge is 0.380 e. The molecular weight excluding hydrogens is 470 g/mol. The monoisotopic (exact) mass is 501 g/mol. The smallest absolute Gasteiger partial charge is 0.279 e. The highest BCUT2D eigenvalue weighted by atomic mass is 32.2. The number of thiazole rings is 1. The number of benzene rings is 2. The summed E-state index contributed by atoms with van der Waals surface area (Å²) < 4.78 is 36.1. The van der Waals surface area contributed by atoms with Crippen molar-refractivity contribution in [3.05, 3.63) is 58.4 Å². The Bertz CT molecular complexity index is 1330. The Morgan fingerprint density at radius 3 is 2.53 bits per heavy atom. The molecule has 0 unspecified atom stereocenters. The molecule has 34 heavy (non-hydrogen) atoms. The van der Waals surface area contributed by atoms with Crippen molar-refractivity contribution in [2.45, 2.75) is 45.1 Å². The third-order valence-corrected chi connectivity index (χ3v) is 9.13. The van der Waals surface area contributed by atoms with Crippen molar-refractivity contribution in [3.8, 4) is 0 Å². The molecule has 3 aromatic rings. The van der Waals surface area contributed by atoms with Gasteiger partial charge in [0.05, 0.1) is 21.7 Å². The molecule has 1 aliphatic heterocycles. The summed E-state index contributed by atoms with van der Waals surface area (Å²) in [7, 11) is -3.55. The Balaban J connectivity index is 1.61. The molecule has 1 saturated heterocycles. The van der Waals surface area contributed by atoms with Crippen LogP contribution in [0.3, 0.4) is 0 Å². The van der Waals surface area contributed by atoms with Crippen LogP contribution in [-0.2, 0) is 21.3 Å². The number of piperidine rings is 1. The summed E-state index contributed by atoms with van der Waals surface area (Å²) in [5.74, 6) is 0.145. The maximum absolute atomic E-state index is 13.0. The molecule has 182 valence electrons. The molecule has 0 bridgehead atoms. The number of ether oxygens (including phenoxy) is 1. The highest BCUT2D eigenvalue weighted by Crippen LogP contribution is 2.24. The highest BCUT2D eigenvalue weighted by Gasteiger charge is 2.28. The maximum atomic E-state index is 13.0. The van der Waals surface area contributed by atoms with E-state index >= 15 is 0 Å². The Morgan fingerprint density at radius 1 is 1.15 bits per heavy atom. The number of hydrogen-bond acceptors (Lipinski definition) is 5.